The molecule has 1 aliphatic rings. The minimum atomic E-state index is -0.609. The van der Waals surface area contributed by atoms with Gasteiger partial charge >= 0.3 is 5.97 Å². The summed E-state index contributed by atoms with van der Waals surface area (Å²) >= 11 is 0. The van der Waals surface area contributed by atoms with Crippen molar-refractivity contribution in [2.45, 2.75) is 32.2 Å². The van der Waals surface area contributed by atoms with Crippen LogP contribution in [-0.2, 0) is 9.53 Å². The third-order valence-electron chi connectivity index (χ3n) is 3.42. The molecule has 0 aliphatic carbocycles. The summed E-state index contributed by atoms with van der Waals surface area (Å²) in [4.78, 5) is 12.2. The summed E-state index contributed by atoms with van der Waals surface area (Å²) in [5.74, 6) is 2.60. The Morgan fingerprint density at radius 2 is 2.41 bits per heavy atom. The molecule has 1 rings (SSSR count). The van der Waals surface area contributed by atoms with Crippen molar-refractivity contribution in [3.63, 3.8) is 0 Å². The van der Waals surface area contributed by atoms with Crippen LogP contribution in [0.3, 0.4) is 0 Å². The first-order valence-corrected chi connectivity index (χ1v) is 6.27. The molecule has 96 valence electrons. The summed E-state index contributed by atoms with van der Waals surface area (Å²) in [7, 11) is 0. The van der Waals surface area contributed by atoms with Gasteiger partial charge in [0.15, 0.2) is 0 Å². The molecular weight excluding hydrogens is 216 g/mol. The van der Waals surface area contributed by atoms with Crippen molar-refractivity contribution >= 4 is 5.97 Å². The molecule has 0 radical (unpaired) electrons. The second-order valence-corrected chi connectivity index (χ2v) is 4.31. The van der Waals surface area contributed by atoms with Crippen molar-refractivity contribution in [2.24, 2.45) is 5.92 Å². The maximum absolute atomic E-state index is 12.2. The summed E-state index contributed by atoms with van der Waals surface area (Å²) in [5, 5.41) is 6.53. The molecule has 17 heavy (non-hydrogen) atoms. The predicted molar refractivity (Wildman–Crippen MR) is 67.5 cm³/mol. The molecule has 0 saturated carbocycles. The normalized spacial score (nSPS) is 28.4. The fourth-order valence-electron chi connectivity index (χ4n) is 2.48. The molecule has 0 spiro atoms. The van der Waals surface area contributed by atoms with Gasteiger partial charge in [0.1, 0.15) is 5.54 Å². The van der Waals surface area contributed by atoms with Crippen LogP contribution < -0.4 is 10.6 Å². The first-order valence-electron chi connectivity index (χ1n) is 6.27. The number of nitrogens with one attached hydrogen (secondary N) is 2. The van der Waals surface area contributed by atoms with Crippen molar-refractivity contribution < 1.29 is 9.53 Å². The number of esters is 1. The molecule has 4 nitrogen and oxygen atoms in total. The molecule has 1 saturated heterocycles. The molecule has 4 heteroatoms. The molecule has 0 amide bonds. The van der Waals surface area contributed by atoms with Gasteiger partial charge in [-0.2, -0.15) is 0 Å². The quantitative estimate of drug-likeness (QED) is 0.542. The maximum Gasteiger partial charge on any atom is 0.326 e. The SMILES string of the molecule is C#CCNC1(C(=O)OCC)CCNCC1CC. The van der Waals surface area contributed by atoms with Crippen LogP contribution in [0.5, 0.6) is 0 Å². The van der Waals surface area contributed by atoms with E-state index in [0.717, 1.165) is 25.9 Å². The molecule has 0 aromatic carbocycles. The van der Waals surface area contributed by atoms with E-state index in [1.54, 1.807) is 0 Å². The molecule has 1 fully saturated rings. The third-order valence-corrected chi connectivity index (χ3v) is 3.42. The van der Waals surface area contributed by atoms with Gasteiger partial charge < -0.3 is 10.1 Å². The highest BCUT2D eigenvalue weighted by Crippen LogP contribution is 2.28. The number of hydrogen-bond donors (Lipinski definition) is 2. The smallest absolute Gasteiger partial charge is 0.326 e. The molecule has 2 N–H and O–H groups in total. The molecule has 1 aliphatic heterocycles. The Morgan fingerprint density at radius 3 is 3.00 bits per heavy atom. The van der Waals surface area contributed by atoms with Gasteiger partial charge in [0.2, 0.25) is 0 Å². The standard InChI is InChI=1S/C13H22N2O2/c1-4-8-15-13(12(16)17-6-3)7-9-14-10-11(13)5-2/h1,11,14-15H,5-10H2,2-3H3. The van der Waals surface area contributed by atoms with E-state index < -0.39 is 5.54 Å². The van der Waals surface area contributed by atoms with Gasteiger partial charge in [-0.05, 0) is 26.3 Å². The predicted octanol–water partition coefficient (Wildman–Crippen LogP) is 0.531. The van der Waals surface area contributed by atoms with Gasteiger partial charge in [0, 0.05) is 12.5 Å². The highest BCUT2D eigenvalue weighted by Gasteiger charge is 2.46. The van der Waals surface area contributed by atoms with E-state index in [-0.39, 0.29) is 11.9 Å². The monoisotopic (exact) mass is 238 g/mol. The van der Waals surface area contributed by atoms with Crippen molar-refractivity contribution in [3.8, 4) is 12.3 Å². The number of hydrogen-bond acceptors (Lipinski definition) is 4. The van der Waals surface area contributed by atoms with Gasteiger partial charge in [-0.3, -0.25) is 10.1 Å². The van der Waals surface area contributed by atoms with E-state index in [9.17, 15) is 4.79 Å². The molecule has 0 aromatic heterocycles. The van der Waals surface area contributed by atoms with Crippen LogP contribution in [-0.4, -0.2) is 37.7 Å². The van der Waals surface area contributed by atoms with E-state index in [1.807, 2.05) is 6.92 Å². The van der Waals surface area contributed by atoms with E-state index in [1.165, 1.54) is 0 Å². The van der Waals surface area contributed by atoms with Crippen LogP contribution >= 0.6 is 0 Å². The van der Waals surface area contributed by atoms with Crippen LogP contribution in [0.2, 0.25) is 0 Å². The summed E-state index contributed by atoms with van der Waals surface area (Å²) < 4.78 is 5.22. The van der Waals surface area contributed by atoms with Crippen molar-refractivity contribution in [1.29, 1.82) is 0 Å². The van der Waals surface area contributed by atoms with Gasteiger partial charge in [0.05, 0.1) is 13.2 Å². The minimum absolute atomic E-state index is 0.163. The van der Waals surface area contributed by atoms with Gasteiger partial charge in [0.25, 0.3) is 0 Å². The second-order valence-electron chi connectivity index (χ2n) is 4.31. The Balaban J connectivity index is 2.89. The molecular formula is C13H22N2O2. The summed E-state index contributed by atoms with van der Waals surface area (Å²) in [6.45, 7) is 6.36. The Morgan fingerprint density at radius 1 is 1.65 bits per heavy atom. The topological polar surface area (TPSA) is 50.4 Å². The number of terminal acetylenes is 1. The summed E-state index contributed by atoms with van der Waals surface area (Å²) in [6.07, 6.45) is 6.93. The lowest BCUT2D eigenvalue weighted by molar-refractivity contribution is -0.155. The second kappa shape index (κ2) is 6.63. The lowest BCUT2D eigenvalue weighted by Gasteiger charge is -2.42. The number of carbonyl (C=O) groups excluding carboxylic acids is 1. The van der Waals surface area contributed by atoms with E-state index in [2.05, 4.69) is 23.5 Å². The average Bonchev–Trinajstić information content (AvgIpc) is 2.36. The Labute approximate surface area is 103 Å². The third kappa shape index (κ3) is 2.99. The zero-order valence-electron chi connectivity index (χ0n) is 10.7. The van der Waals surface area contributed by atoms with E-state index in [4.69, 9.17) is 11.2 Å². The first-order chi connectivity index (χ1) is 8.21. The zero-order chi connectivity index (χ0) is 12.7. The minimum Gasteiger partial charge on any atom is -0.465 e. The first kappa shape index (κ1) is 14.0. The Hall–Kier alpha value is -1.05. The number of carbonyl (C=O) groups is 1. The highest BCUT2D eigenvalue weighted by molar-refractivity contribution is 5.81. The fraction of sp³-hybridized carbons (Fsp3) is 0.769. The van der Waals surface area contributed by atoms with Crippen LogP contribution in [0.25, 0.3) is 0 Å². The fourth-order valence-corrected chi connectivity index (χ4v) is 2.48. The molecule has 0 aromatic rings. The molecule has 0 bridgehead atoms. The van der Waals surface area contributed by atoms with Crippen LogP contribution in [0.1, 0.15) is 26.7 Å². The van der Waals surface area contributed by atoms with E-state index >= 15 is 0 Å². The number of piperidine rings is 1. The lowest BCUT2D eigenvalue weighted by atomic mass is 9.76. The van der Waals surface area contributed by atoms with E-state index in [0.29, 0.717) is 13.2 Å². The largest absolute Gasteiger partial charge is 0.465 e. The van der Waals surface area contributed by atoms with Gasteiger partial charge in [-0.25, -0.2) is 0 Å². The maximum atomic E-state index is 12.2. The summed E-state index contributed by atoms with van der Waals surface area (Å²) in [6, 6.07) is 0. The Bertz CT molecular complexity index is 298. The lowest BCUT2D eigenvalue weighted by Crippen LogP contribution is -2.64. The highest BCUT2D eigenvalue weighted by atomic mass is 16.5. The van der Waals surface area contributed by atoms with Gasteiger partial charge in [-0.1, -0.05) is 12.8 Å². The molecule has 1 heterocycles. The Kier molecular flexibility index (Phi) is 5.46. The van der Waals surface area contributed by atoms with Crippen molar-refractivity contribution in [1.82, 2.24) is 10.6 Å². The molecule has 2 unspecified atom stereocenters. The average molecular weight is 238 g/mol. The van der Waals surface area contributed by atoms with Gasteiger partial charge in [-0.15, -0.1) is 6.42 Å². The van der Waals surface area contributed by atoms with Crippen molar-refractivity contribution in [3.05, 3.63) is 0 Å². The number of ether oxygens (including phenoxy) is 1. The van der Waals surface area contributed by atoms with Crippen LogP contribution in [0, 0.1) is 18.3 Å². The zero-order valence-corrected chi connectivity index (χ0v) is 10.7. The van der Waals surface area contributed by atoms with Crippen molar-refractivity contribution in [2.75, 3.05) is 26.2 Å². The molecule has 2 atom stereocenters. The van der Waals surface area contributed by atoms with Crippen LogP contribution in [0.4, 0.5) is 0 Å². The summed E-state index contributed by atoms with van der Waals surface area (Å²) in [5.41, 5.74) is -0.609. The van der Waals surface area contributed by atoms with Crippen LogP contribution in [0.15, 0.2) is 0 Å². The number of rotatable bonds is 5.